The number of nitrogens with zero attached hydrogens (tertiary/aromatic N) is 1. The summed E-state index contributed by atoms with van der Waals surface area (Å²) in [6.07, 6.45) is -1.37. The van der Waals surface area contributed by atoms with Crippen molar-refractivity contribution in [3.63, 3.8) is 0 Å². The highest BCUT2D eigenvalue weighted by Gasteiger charge is 2.31. The van der Waals surface area contributed by atoms with E-state index in [0.717, 1.165) is 32.3 Å². The van der Waals surface area contributed by atoms with Crippen LogP contribution >= 0.6 is 27.3 Å². The van der Waals surface area contributed by atoms with Gasteiger partial charge < -0.3 is 20.1 Å². The third-order valence-corrected chi connectivity index (χ3v) is 7.62. The lowest BCUT2D eigenvalue weighted by atomic mass is 9.98. The van der Waals surface area contributed by atoms with E-state index in [1.165, 1.54) is 16.2 Å². The number of likely N-dealkylation sites (N-methyl/N-ethyl adjacent to an activating group) is 1. The predicted molar refractivity (Wildman–Crippen MR) is 133 cm³/mol. The van der Waals surface area contributed by atoms with E-state index in [9.17, 15) is 19.5 Å². The first-order valence-corrected chi connectivity index (χ1v) is 12.4. The number of nitrogens with one attached hydrogen (secondary N) is 1. The molecule has 0 aliphatic heterocycles. The lowest BCUT2D eigenvalue weighted by molar-refractivity contribution is -0.142. The average molecular weight is 543 g/mol. The third-order valence-electron chi connectivity index (χ3n) is 5.78. The zero-order valence-electron chi connectivity index (χ0n) is 18.4. The van der Waals surface area contributed by atoms with E-state index in [-0.39, 0.29) is 19.1 Å². The van der Waals surface area contributed by atoms with Gasteiger partial charge in [-0.1, -0.05) is 48.5 Å². The van der Waals surface area contributed by atoms with Crippen molar-refractivity contribution in [2.24, 2.45) is 0 Å². The van der Waals surface area contributed by atoms with E-state index >= 15 is 0 Å². The van der Waals surface area contributed by atoms with Gasteiger partial charge in [-0.05, 0) is 49.1 Å². The first kappa shape index (κ1) is 24.0. The van der Waals surface area contributed by atoms with Crippen LogP contribution in [0.1, 0.15) is 29.0 Å². The lowest BCUT2D eigenvalue weighted by Gasteiger charge is -2.24. The highest BCUT2D eigenvalue weighted by molar-refractivity contribution is 9.10. The van der Waals surface area contributed by atoms with Crippen molar-refractivity contribution in [3.05, 3.63) is 80.5 Å². The Morgan fingerprint density at radius 2 is 1.71 bits per heavy atom. The molecule has 9 heteroatoms. The van der Waals surface area contributed by atoms with Gasteiger partial charge in [0.1, 0.15) is 12.6 Å². The van der Waals surface area contributed by atoms with Crippen molar-refractivity contribution in [2.75, 3.05) is 13.7 Å². The minimum atomic E-state index is -1.24. The van der Waals surface area contributed by atoms with Crippen LogP contribution in [0.25, 0.3) is 11.1 Å². The number of thiophene rings is 1. The zero-order valence-corrected chi connectivity index (χ0v) is 20.8. The maximum absolute atomic E-state index is 12.9. The molecular formula is C25H23BrN2O5S. The van der Waals surface area contributed by atoms with Crippen molar-refractivity contribution < 1.29 is 24.2 Å². The number of carbonyl (C=O) groups excluding carboxylic acids is 2. The lowest BCUT2D eigenvalue weighted by Crippen LogP contribution is -2.48. The number of halogens is 1. The highest BCUT2D eigenvalue weighted by Crippen LogP contribution is 2.44. The predicted octanol–water partition coefficient (Wildman–Crippen LogP) is 4.85. The average Bonchev–Trinajstić information content (AvgIpc) is 3.37. The van der Waals surface area contributed by atoms with Gasteiger partial charge in [0.25, 0.3) is 0 Å². The Morgan fingerprint density at radius 1 is 1.09 bits per heavy atom. The minimum absolute atomic E-state index is 0.0749. The van der Waals surface area contributed by atoms with Gasteiger partial charge in [-0.25, -0.2) is 4.79 Å². The van der Waals surface area contributed by atoms with Crippen LogP contribution in [0.15, 0.2) is 63.8 Å². The second-order valence-corrected chi connectivity index (χ2v) is 9.66. The van der Waals surface area contributed by atoms with Crippen LogP contribution in [0, 0.1) is 0 Å². The molecule has 1 heterocycles. The van der Waals surface area contributed by atoms with E-state index in [1.807, 2.05) is 59.3 Å². The van der Waals surface area contributed by atoms with Crippen LogP contribution in [0.4, 0.5) is 4.79 Å². The van der Waals surface area contributed by atoms with Gasteiger partial charge in [-0.2, -0.15) is 11.3 Å². The summed E-state index contributed by atoms with van der Waals surface area (Å²) in [6, 6.07) is 14.7. The van der Waals surface area contributed by atoms with Gasteiger partial charge in [-0.3, -0.25) is 9.59 Å². The molecule has 7 nitrogen and oxygen atoms in total. The summed E-state index contributed by atoms with van der Waals surface area (Å²) in [5.74, 6) is -1.83. The van der Waals surface area contributed by atoms with Crippen molar-refractivity contribution in [2.45, 2.75) is 24.9 Å². The Balaban J connectivity index is 1.42. The zero-order chi connectivity index (χ0) is 24.2. The van der Waals surface area contributed by atoms with Gasteiger partial charge in [0, 0.05) is 29.4 Å². The summed E-state index contributed by atoms with van der Waals surface area (Å²) in [5.41, 5.74) is 5.24. The molecule has 1 unspecified atom stereocenters. The number of rotatable bonds is 8. The number of carboxylic acid groups (broad SMARTS) is 1. The van der Waals surface area contributed by atoms with Gasteiger partial charge in [-0.15, -0.1) is 0 Å². The molecule has 0 saturated carbocycles. The van der Waals surface area contributed by atoms with Gasteiger partial charge in [0.2, 0.25) is 5.91 Å². The molecule has 4 rings (SSSR count). The monoisotopic (exact) mass is 542 g/mol. The molecular weight excluding hydrogens is 520 g/mol. The van der Waals surface area contributed by atoms with Crippen molar-refractivity contribution in [1.29, 1.82) is 0 Å². The van der Waals surface area contributed by atoms with Crippen LogP contribution in [0.2, 0.25) is 0 Å². The minimum Gasteiger partial charge on any atom is -0.481 e. The van der Waals surface area contributed by atoms with Crippen molar-refractivity contribution in [3.8, 4) is 11.1 Å². The van der Waals surface area contributed by atoms with Gasteiger partial charge >= 0.3 is 12.1 Å². The fourth-order valence-corrected chi connectivity index (χ4v) is 5.60. The standard InChI is InChI=1S/C25H23BrN2O5S/c1-28(11-15-13-34-14-21(15)26)24(31)22(10-23(29)30)27-25(32)33-12-20-18-8-4-2-6-16(18)17-7-3-5-9-19(17)20/h2-9,13-14,20,22H,10-12H2,1H3,(H,27,32)(H,29,30). The summed E-state index contributed by atoms with van der Waals surface area (Å²) in [5, 5.41) is 15.5. The summed E-state index contributed by atoms with van der Waals surface area (Å²) < 4.78 is 6.36. The Kier molecular flexibility index (Phi) is 7.33. The number of hydrogen-bond donors (Lipinski definition) is 2. The summed E-state index contributed by atoms with van der Waals surface area (Å²) in [7, 11) is 1.57. The number of hydrogen-bond acceptors (Lipinski definition) is 5. The van der Waals surface area contributed by atoms with E-state index in [1.54, 1.807) is 7.05 Å². The molecule has 0 spiro atoms. The molecule has 2 amide bonds. The summed E-state index contributed by atoms with van der Waals surface area (Å²) in [6.45, 7) is 0.358. The molecule has 3 aromatic rings. The smallest absolute Gasteiger partial charge is 0.407 e. The Morgan fingerprint density at radius 3 is 2.26 bits per heavy atom. The Bertz CT molecular complexity index is 1180. The second kappa shape index (κ2) is 10.4. The van der Waals surface area contributed by atoms with E-state index in [4.69, 9.17) is 4.74 Å². The SMILES string of the molecule is CN(Cc1cscc1Br)C(=O)C(CC(=O)O)NC(=O)OCC1c2ccccc2-c2ccccc21. The first-order chi connectivity index (χ1) is 16.3. The summed E-state index contributed by atoms with van der Waals surface area (Å²) in [4.78, 5) is 38.3. The van der Waals surface area contributed by atoms with Crippen molar-refractivity contribution in [1.82, 2.24) is 10.2 Å². The van der Waals surface area contributed by atoms with Crippen molar-refractivity contribution >= 4 is 45.2 Å². The first-order valence-electron chi connectivity index (χ1n) is 10.6. The molecule has 0 bridgehead atoms. The van der Waals surface area contributed by atoms with E-state index in [2.05, 4.69) is 21.2 Å². The molecule has 176 valence electrons. The maximum atomic E-state index is 12.9. The highest BCUT2D eigenvalue weighted by atomic mass is 79.9. The largest absolute Gasteiger partial charge is 0.481 e. The molecule has 0 saturated heterocycles. The molecule has 2 N–H and O–H groups in total. The number of aliphatic carboxylic acids is 1. The topological polar surface area (TPSA) is 95.9 Å². The molecule has 1 atom stereocenters. The molecule has 1 aliphatic rings. The van der Waals surface area contributed by atoms with Gasteiger partial charge in [0.05, 0.1) is 6.42 Å². The Hall–Kier alpha value is -3.17. The fraction of sp³-hybridized carbons (Fsp3) is 0.240. The van der Waals surface area contributed by atoms with Crippen LogP contribution in [0.3, 0.4) is 0 Å². The number of fused-ring (bicyclic) bond motifs is 3. The fourth-order valence-electron chi connectivity index (χ4n) is 4.18. The normalized spacial score (nSPS) is 13.0. The number of carbonyl (C=O) groups is 3. The number of benzene rings is 2. The third kappa shape index (κ3) is 5.15. The van der Waals surface area contributed by atoms with Crippen LogP contribution in [0.5, 0.6) is 0 Å². The molecule has 2 aromatic carbocycles. The maximum Gasteiger partial charge on any atom is 0.407 e. The van der Waals surface area contributed by atoms with Crippen LogP contribution in [-0.4, -0.2) is 47.7 Å². The second-order valence-electron chi connectivity index (χ2n) is 8.06. The molecule has 0 fully saturated rings. The van der Waals surface area contributed by atoms with Crippen LogP contribution in [-0.2, 0) is 20.9 Å². The summed E-state index contributed by atoms with van der Waals surface area (Å²) >= 11 is 4.92. The van der Waals surface area contributed by atoms with E-state index in [0.29, 0.717) is 0 Å². The number of alkyl carbamates (subject to hydrolysis) is 1. The number of carboxylic acids is 1. The molecule has 0 radical (unpaired) electrons. The molecule has 34 heavy (non-hydrogen) atoms. The van der Waals surface area contributed by atoms with E-state index < -0.39 is 30.4 Å². The quantitative estimate of drug-likeness (QED) is 0.424. The Labute approximate surface area is 209 Å². The molecule has 1 aromatic heterocycles. The van der Waals surface area contributed by atoms with Gasteiger partial charge in [0.15, 0.2) is 0 Å². The number of ether oxygens (including phenoxy) is 1. The number of amides is 2. The molecule has 1 aliphatic carbocycles. The van der Waals surface area contributed by atoms with Crippen LogP contribution < -0.4 is 5.32 Å².